The fourth-order valence-corrected chi connectivity index (χ4v) is 5.70. The number of rotatable bonds is 2. The van der Waals surface area contributed by atoms with E-state index in [0.29, 0.717) is 11.8 Å². The van der Waals surface area contributed by atoms with E-state index in [2.05, 4.69) is 20.6 Å². The number of aromatic nitrogens is 2. The van der Waals surface area contributed by atoms with Crippen LogP contribution in [-0.2, 0) is 12.8 Å². The Labute approximate surface area is 219 Å². The van der Waals surface area contributed by atoms with Crippen molar-refractivity contribution in [3.8, 4) is 0 Å². The van der Waals surface area contributed by atoms with Crippen molar-refractivity contribution in [1.29, 1.82) is 0 Å². The Morgan fingerprint density at radius 3 is 1.52 bits per heavy atom. The van der Waals surface area contributed by atoms with E-state index in [1.54, 1.807) is 0 Å². The molecule has 2 aromatic carbocycles. The van der Waals surface area contributed by atoms with E-state index in [-0.39, 0.29) is 24.5 Å². The molecule has 6 rings (SSSR count). The molecule has 0 aliphatic carbocycles. The Bertz CT molecular complexity index is 1170. The molecule has 2 atom stereocenters. The highest BCUT2D eigenvalue weighted by Crippen LogP contribution is 2.33. The summed E-state index contributed by atoms with van der Waals surface area (Å²) in [6.45, 7) is 1.95. The van der Waals surface area contributed by atoms with Crippen LogP contribution in [0.4, 0.5) is 0 Å². The van der Waals surface area contributed by atoms with Gasteiger partial charge in [-0.1, -0.05) is 23.2 Å². The third kappa shape index (κ3) is 4.85. The summed E-state index contributed by atoms with van der Waals surface area (Å²) < 4.78 is 0. The van der Waals surface area contributed by atoms with Gasteiger partial charge in [0.25, 0.3) is 0 Å². The molecule has 9 heteroatoms. The molecular weight excluding hydrogens is 522 g/mol. The maximum Gasteiger partial charge on any atom is 0.0613 e. The van der Waals surface area contributed by atoms with Gasteiger partial charge in [0.1, 0.15) is 0 Å². The zero-order chi connectivity index (χ0) is 22.2. The number of halogens is 5. The summed E-state index contributed by atoms with van der Waals surface area (Å²) in [6, 6.07) is 12.4. The van der Waals surface area contributed by atoms with Gasteiger partial charge >= 0.3 is 0 Å². The van der Waals surface area contributed by atoms with Crippen LogP contribution < -0.4 is 10.6 Å². The molecule has 2 unspecified atom stereocenters. The average Bonchev–Trinajstić information content (AvgIpc) is 3.37. The van der Waals surface area contributed by atoms with E-state index in [4.69, 9.17) is 46.4 Å². The van der Waals surface area contributed by atoms with Gasteiger partial charge in [-0.15, -0.1) is 35.6 Å². The molecule has 2 aliphatic heterocycles. The summed E-state index contributed by atoms with van der Waals surface area (Å²) in [6.07, 6.45) is 2.06. The normalized spacial score (nSPS) is 19.4. The highest BCUT2D eigenvalue weighted by Gasteiger charge is 2.24. The first-order chi connectivity index (χ1) is 15.6. The summed E-state index contributed by atoms with van der Waals surface area (Å²) in [5.74, 6) is 1.18. The third-order valence-electron chi connectivity index (χ3n) is 6.34. The van der Waals surface area contributed by atoms with Crippen LogP contribution in [0, 0.1) is 0 Å². The zero-order valence-corrected chi connectivity index (χ0v) is 21.6. The number of benzene rings is 2. The molecule has 4 nitrogen and oxygen atoms in total. The van der Waals surface area contributed by atoms with E-state index in [1.807, 2.05) is 36.4 Å². The van der Waals surface area contributed by atoms with Gasteiger partial charge in [0.2, 0.25) is 0 Å². The van der Waals surface area contributed by atoms with Crippen LogP contribution in [0.1, 0.15) is 34.6 Å². The molecule has 0 spiro atoms. The summed E-state index contributed by atoms with van der Waals surface area (Å²) in [7, 11) is 0. The standard InChI is InChI=1S/2C12H12Cl2N2.ClH/c2*13-6-11-12-8(3-4-15-11)9-5-7(14)1-2-10(9)16-12;/h2*1-2,5,11,15-16H,3-4,6H2;1H. The molecule has 0 radical (unpaired) electrons. The summed E-state index contributed by atoms with van der Waals surface area (Å²) in [4.78, 5) is 6.88. The predicted octanol–water partition coefficient (Wildman–Crippen LogP) is 6.92. The number of hydrogen-bond acceptors (Lipinski definition) is 2. The van der Waals surface area contributed by atoms with Crippen LogP contribution in [0.25, 0.3) is 21.8 Å². The van der Waals surface area contributed by atoms with Crippen LogP contribution >= 0.6 is 58.8 Å². The molecule has 0 saturated carbocycles. The third-order valence-corrected chi connectivity index (χ3v) is 7.43. The maximum atomic E-state index is 6.03. The number of fused-ring (bicyclic) bond motifs is 6. The Balaban J connectivity index is 0.000000152. The van der Waals surface area contributed by atoms with Gasteiger partial charge in [-0.25, -0.2) is 0 Å². The van der Waals surface area contributed by atoms with Crippen molar-refractivity contribution in [3.63, 3.8) is 0 Å². The van der Waals surface area contributed by atoms with Gasteiger partial charge < -0.3 is 20.6 Å². The van der Waals surface area contributed by atoms with Crippen LogP contribution in [0.3, 0.4) is 0 Å². The SMILES string of the molecule is Cl.ClCC1NCCc2c1[nH]c1ccc(Cl)cc21.ClCC1NCCc2c1[nH]c1ccc(Cl)cc21. The van der Waals surface area contributed by atoms with Crippen molar-refractivity contribution in [2.75, 3.05) is 24.8 Å². The summed E-state index contributed by atoms with van der Waals surface area (Å²) in [5.41, 5.74) is 7.46. The van der Waals surface area contributed by atoms with Crippen LogP contribution in [0.5, 0.6) is 0 Å². The van der Waals surface area contributed by atoms with Crippen molar-refractivity contribution in [2.45, 2.75) is 24.9 Å². The zero-order valence-electron chi connectivity index (χ0n) is 17.8. The molecule has 0 amide bonds. The van der Waals surface area contributed by atoms with Crippen molar-refractivity contribution >= 4 is 80.6 Å². The topological polar surface area (TPSA) is 55.6 Å². The molecule has 4 aromatic rings. The molecule has 176 valence electrons. The number of nitrogens with one attached hydrogen (secondary N) is 4. The van der Waals surface area contributed by atoms with Crippen LogP contribution in [0.15, 0.2) is 36.4 Å². The lowest BCUT2D eigenvalue weighted by Gasteiger charge is -2.22. The van der Waals surface area contributed by atoms with Crippen molar-refractivity contribution in [2.24, 2.45) is 0 Å². The van der Waals surface area contributed by atoms with E-state index in [9.17, 15) is 0 Å². The van der Waals surface area contributed by atoms with Gasteiger partial charge in [-0.2, -0.15) is 0 Å². The second-order valence-electron chi connectivity index (χ2n) is 8.24. The van der Waals surface area contributed by atoms with Crippen LogP contribution in [-0.4, -0.2) is 34.8 Å². The second-order valence-corrected chi connectivity index (χ2v) is 9.73. The lowest BCUT2D eigenvalue weighted by Crippen LogP contribution is -2.30. The maximum absolute atomic E-state index is 6.03. The molecule has 0 fully saturated rings. The highest BCUT2D eigenvalue weighted by atomic mass is 35.5. The minimum absolute atomic E-state index is 0. The molecule has 0 bridgehead atoms. The Morgan fingerprint density at radius 1 is 0.697 bits per heavy atom. The van der Waals surface area contributed by atoms with Crippen LogP contribution in [0.2, 0.25) is 10.0 Å². The fraction of sp³-hybridized carbons (Fsp3) is 0.333. The molecule has 0 saturated heterocycles. The summed E-state index contributed by atoms with van der Waals surface area (Å²) in [5, 5.41) is 10.9. The van der Waals surface area contributed by atoms with E-state index in [0.717, 1.165) is 47.0 Å². The molecule has 33 heavy (non-hydrogen) atoms. The monoisotopic (exact) mass is 544 g/mol. The van der Waals surface area contributed by atoms with Gasteiger partial charge in [-0.05, 0) is 73.5 Å². The minimum atomic E-state index is 0. The second kappa shape index (κ2) is 10.7. The van der Waals surface area contributed by atoms with Gasteiger partial charge in [0.15, 0.2) is 0 Å². The highest BCUT2D eigenvalue weighted by molar-refractivity contribution is 6.31. The van der Waals surface area contributed by atoms with Crippen molar-refractivity contribution < 1.29 is 0 Å². The first-order valence-corrected chi connectivity index (χ1v) is 12.6. The van der Waals surface area contributed by atoms with E-state index in [1.165, 1.54) is 33.3 Å². The Kier molecular flexibility index (Phi) is 8.07. The first-order valence-electron chi connectivity index (χ1n) is 10.8. The van der Waals surface area contributed by atoms with E-state index < -0.39 is 0 Å². The van der Waals surface area contributed by atoms with Gasteiger partial charge in [0, 0.05) is 55.0 Å². The van der Waals surface area contributed by atoms with Crippen molar-refractivity contribution in [1.82, 2.24) is 20.6 Å². The number of H-pyrrole nitrogens is 2. The minimum Gasteiger partial charge on any atom is -0.357 e. The van der Waals surface area contributed by atoms with Gasteiger partial charge in [0.05, 0.1) is 12.1 Å². The fourth-order valence-electron chi connectivity index (χ4n) is 4.83. The molecule has 2 aliphatic rings. The molecular formula is C24H25Cl5N4. The number of alkyl halides is 2. The molecule has 2 aromatic heterocycles. The average molecular weight is 547 g/mol. The quantitative estimate of drug-likeness (QED) is 0.206. The lowest BCUT2D eigenvalue weighted by molar-refractivity contribution is 0.537. The predicted molar refractivity (Wildman–Crippen MR) is 144 cm³/mol. The smallest absolute Gasteiger partial charge is 0.0613 e. The Hall–Kier alpha value is -1.11. The van der Waals surface area contributed by atoms with E-state index >= 15 is 0 Å². The number of aromatic amines is 2. The molecule has 4 N–H and O–H groups in total. The summed E-state index contributed by atoms with van der Waals surface area (Å²) >= 11 is 24.0. The van der Waals surface area contributed by atoms with Gasteiger partial charge in [-0.3, -0.25) is 0 Å². The number of hydrogen-bond donors (Lipinski definition) is 4. The molecule has 4 heterocycles. The first kappa shape index (κ1) is 25.0. The lowest BCUT2D eigenvalue weighted by atomic mass is 10.0. The largest absolute Gasteiger partial charge is 0.357 e. The van der Waals surface area contributed by atoms with Crippen molar-refractivity contribution in [3.05, 3.63) is 69.0 Å². The Morgan fingerprint density at radius 2 is 1.12 bits per heavy atom.